The molecule has 1 fully saturated rings. The van der Waals surface area contributed by atoms with E-state index in [4.69, 9.17) is 14.2 Å². The number of esters is 1. The summed E-state index contributed by atoms with van der Waals surface area (Å²) in [4.78, 5) is 20.4. The number of anilines is 1. The predicted octanol–water partition coefficient (Wildman–Crippen LogP) is 1.82. The third-order valence-electron chi connectivity index (χ3n) is 3.97. The second-order valence-electron chi connectivity index (χ2n) is 5.57. The number of rotatable bonds is 7. The van der Waals surface area contributed by atoms with Gasteiger partial charge in [-0.1, -0.05) is 0 Å². The van der Waals surface area contributed by atoms with Crippen LogP contribution in [0, 0.1) is 12.8 Å². The van der Waals surface area contributed by atoms with Crippen LogP contribution in [0.5, 0.6) is 0 Å². The van der Waals surface area contributed by atoms with E-state index in [2.05, 4.69) is 15.3 Å². The largest absolute Gasteiger partial charge is 0.462 e. The van der Waals surface area contributed by atoms with Crippen molar-refractivity contribution in [1.29, 1.82) is 0 Å². The number of nitrogens with one attached hydrogen (secondary N) is 1. The highest BCUT2D eigenvalue weighted by molar-refractivity contribution is 5.90. The van der Waals surface area contributed by atoms with Gasteiger partial charge in [0.1, 0.15) is 0 Å². The summed E-state index contributed by atoms with van der Waals surface area (Å²) in [5.41, 5.74) is 0.996. The highest BCUT2D eigenvalue weighted by Gasteiger charge is 2.25. The summed E-state index contributed by atoms with van der Waals surface area (Å²) in [5.74, 6) is 0.566. The SMILES string of the molecule is CCOC(=O)c1cnc(NC(COC)C2CCOCC2)nc1C. The van der Waals surface area contributed by atoms with Gasteiger partial charge in [-0.15, -0.1) is 0 Å². The first-order valence-corrected chi connectivity index (χ1v) is 7.99. The molecule has 1 aliphatic rings. The van der Waals surface area contributed by atoms with Crippen LogP contribution in [0.1, 0.15) is 35.8 Å². The minimum absolute atomic E-state index is 0.122. The van der Waals surface area contributed by atoms with Gasteiger partial charge in [0.25, 0.3) is 0 Å². The standard InChI is InChI=1S/C16H25N3O4/c1-4-23-15(20)13-9-17-16(18-11(13)2)19-14(10-21-3)12-5-7-22-8-6-12/h9,12,14H,4-8,10H2,1-3H3,(H,17,18,19). The highest BCUT2D eigenvalue weighted by Crippen LogP contribution is 2.21. The van der Waals surface area contributed by atoms with Crippen molar-refractivity contribution in [3.63, 3.8) is 0 Å². The van der Waals surface area contributed by atoms with E-state index in [0.717, 1.165) is 26.1 Å². The Morgan fingerprint density at radius 1 is 1.48 bits per heavy atom. The molecule has 128 valence electrons. The van der Waals surface area contributed by atoms with Crippen LogP contribution in [0.25, 0.3) is 0 Å². The molecule has 1 aromatic rings. The third kappa shape index (κ3) is 4.87. The van der Waals surface area contributed by atoms with E-state index in [1.807, 2.05) is 0 Å². The van der Waals surface area contributed by atoms with Gasteiger partial charge in [0.15, 0.2) is 0 Å². The number of hydrogen-bond donors (Lipinski definition) is 1. The van der Waals surface area contributed by atoms with E-state index >= 15 is 0 Å². The molecule has 1 aromatic heterocycles. The van der Waals surface area contributed by atoms with Gasteiger partial charge in [0.2, 0.25) is 5.95 Å². The minimum Gasteiger partial charge on any atom is -0.462 e. The summed E-state index contributed by atoms with van der Waals surface area (Å²) < 4.78 is 15.7. The van der Waals surface area contributed by atoms with Crippen molar-refractivity contribution < 1.29 is 19.0 Å². The Hall–Kier alpha value is -1.73. The molecule has 2 rings (SSSR count). The molecule has 7 heteroatoms. The van der Waals surface area contributed by atoms with Gasteiger partial charge in [-0.3, -0.25) is 0 Å². The van der Waals surface area contributed by atoms with Crippen molar-refractivity contribution in [2.75, 3.05) is 38.9 Å². The lowest BCUT2D eigenvalue weighted by molar-refractivity contribution is 0.0483. The number of methoxy groups -OCH3 is 1. The number of nitrogens with zero attached hydrogens (tertiary/aromatic N) is 2. The Morgan fingerprint density at radius 3 is 2.83 bits per heavy atom. The molecule has 1 saturated heterocycles. The molecule has 7 nitrogen and oxygen atoms in total. The molecular weight excluding hydrogens is 298 g/mol. The van der Waals surface area contributed by atoms with Crippen LogP contribution in [0.3, 0.4) is 0 Å². The number of ether oxygens (including phenoxy) is 3. The first-order chi connectivity index (χ1) is 11.2. The van der Waals surface area contributed by atoms with E-state index < -0.39 is 5.97 Å². The van der Waals surface area contributed by atoms with Crippen molar-refractivity contribution in [3.8, 4) is 0 Å². The maximum Gasteiger partial charge on any atom is 0.341 e. The van der Waals surface area contributed by atoms with Crippen molar-refractivity contribution in [2.45, 2.75) is 32.7 Å². The van der Waals surface area contributed by atoms with Gasteiger partial charge in [0.05, 0.1) is 30.5 Å². The summed E-state index contributed by atoms with van der Waals surface area (Å²) in [6.07, 6.45) is 3.48. The quantitative estimate of drug-likeness (QED) is 0.766. The van der Waals surface area contributed by atoms with Crippen molar-refractivity contribution in [1.82, 2.24) is 9.97 Å². The van der Waals surface area contributed by atoms with Crippen molar-refractivity contribution >= 4 is 11.9 Å². The molecule has 0 radical (unpaired) electrons. The van der Waals surface area contributed by atoms with E-state index in [1.165, 1.54) is 6.20 Å². The Bertz CT molecular complexity index is 518. The first-order valence-electron chi connectivity index (χ1n) is 7.99. The number of aryl methyl sites for hydroxylation is 1. The predicted molar refractivity (Wildman–Crippen MR) is 85.6 cm³/mol. The van der Waals surface area contributed by atoms with Crippen LogP contribution < -0.4 is 5.32 Å². The Morgan fingerprint density at radius 2 is 2.22 bits per heavy atom. The fraction of sp³-hybridized carbons (Fsp3) is 0.688. The van der Waals surface area contributed by atoms with E-state index in [1.54, 1.807) is 21.0 Å². The summed E-state index contributed by atoms with van der Waals surface area (Å²) in [5, 5.41) is 3.33. The maximum atomic E-state index is 11.8. The van der Waals surface area contributed by atoms with Gasteiger partial charge < -0.3 is 19.5 Å². The molecule has 1 aliphatic heterocycles. The number of carbonyl (C=O) groups is 1. The minimum atomic E-state index is -0.394. The van der Waals surface area contributed by atoms with Gasteiger partial charge in [0, 0.05) is 26.5 Å². The molecule has 23 heavy (non-hydrogen) atoms. The monoisotopic (exact) mass is 323 g/mol. The smallest absolute Gasteiger partial charge is 0.341 e. The lowest BCUT2D eigenvalue weighted by atomic mass is 9.92. The van der Waals surface area contributed by atoms with Crippen LogP contribution in [-0.4, -0.2) is 55.5 Å². The van der Waals surface area contributed by atoms with Crippen molar-refractivity contribution in [3.05, 3.63) is 17.5 Å². The van der Waals surface area contributed by atoms with Gasteiger partial charge in [-0.25, -0.2) is 14.8 Å². The van der Waals surface area contributed by atoms with Crippen molar-refractivity contribution in [2.24, 2.45) is 5.92 Å². The third-order valence-corrected chi connectivity index (χ3v) is 3.97. The number of aromatic nitrogens is 2. The number of hydrogen-bond acceptors (Lipinski definition) is 7. The second kappa shape index (κ2) is 8.79. The molecule has 1 atom stereocenters. The summed E-state index contributed by atoms with van der Waals surface area (Å²) in [6, 6.07) is 0.122. The normalized spacial score (nSPS) is 16.8. The Kier molecular flexibility index (Phi) is 6.73. The van der Waals surface area contributed by atoms with E-state index in [9.17, 15) is 4.79 Å². The fourth-order valence-electron chi connectivity index (χ4n) is 2.71. The second-order valence-corrected chi connectivity index (χ2v) is 5.57. The Balaban J connectivity index is 2.07. The number of carbonyl (C=O) groups excluding carboxylic acids is 1. The average molecular weight is 323 g/mol. The summed E-state index contributed by atoms with van der Waals surface area (Å²) in [6.45, 7) is 6.00. The van der Waals surface area contributed by atoms with Crippen LogP contribution in [0.15, 0.2) is 6.20 Å². The highest BCUT2D eigenvalue weighted by atomic mass is 16.5. The lowest BCUT2D eigenvalue weighted by Gasteiger charge is -2.30. The zero-order valence-electron chi connectivity index (χ0n) is 14.0. The molecule has 0 spiro atoms. The molecule has 0 aromatic carbocycles. The van der Waals surface area contributed by atoms with Crippen LogP contribution in [0.2, 0.25) is 0 Å². The van der Waals surface area contributed by atoms with Crippen LogP contribution in [0.4, 0.5) is 5.95 Å². The molecule has 0 aliphatic carbocycles. The molecule has 0 amide bonds. The summed E-state index contributed by atoms with van der Waals surface area (Å²) >= 11 is 0. The first kappa shape index (κ1) is 17.6. The maximum absolute atomic E-state index is 11.8. The van der Waals surface area contributed by atoms with Crippen LogP contribution in [-0.2, 0) is 14.2 Å². The molecule has 1 N–H and O–H groups in total. The van der Waals surface area contributed by atoms with Crippen LogP contribution >= 0.6 is 0 Å². The molecule has 0 saturated carbocycles. The Labute approximate surface area is 136 Å². The molecule has 1 unspecified atom stereocenters. The fourth-order valence-corrected chi connectivity index (χ4v) is 2.71. The van der Waals surface area contributed by atoms with E-state index in [0.29, 0.717) is 36.3 Å². The topological polar surface area (TPSA) is 82.6 Å². The zero-order valence-corrected chi connectivity index (χ0v) is 14.0. The molecular formula is C16H25N3O4. The lowest BCUT2D eigenvalue weighted by Crippen LogP contribution is -2.37. The average Bonchev–Trinajstić information content (AvgIpc) is 2.55. The van der Waals surface area contributed by atoms with Gasteiger partial charge in [-0.2, -0.15) is 0 Å². The van der Waals surface area contributed by atoms with Gasteiger partial charge in [-0.05, 0) is 32.6 Å². The summed E-state index contributed by atoms with van der Waals surface area (Å²) in [7, 11) is 1.68. The van der Waals surface area contributed by atoms with Gasteiger partial charge >= 0.3 is 5.97 Å². The van der Waals surface area contributed by atoms with E-state index in [-0.39, 0.29) is 6.04 Å². The zero-order chi connectivity index (χ0) is 16.7. The molecule has 2 heterocycles. The molecule has 0 bridgehead atoms.